The molecule has 6 nitrogen and oxygen atoms in total. The van der Waals surface area contributed by atoms with E-state index in [0.717, 1.165) is 24.2 Å². The Hall–Kier alpha value is -3.48. The van der Waals surface area contributed by atoms with Crippen LogP contribution in [-0.2, 0) is 11.3 Å². The smallest absolute Gasteiger partial charge is 0.255 e. The van der Waals surface area contributed by atoms with Crippen LogP contribution in [0.4, 0.5) is 10.1 Å². The monoisotopic (exact) mass is 378 g/mol. The van der Waals surface area contributed by atoms with Crippen molar-refractivity contribution in [1.29, 1.82) is 0 Å². The molecule has 7 heteroatoms. The molecule has 0 bridgehead atoms. The summed E-state index contributed by atoms with van der Waals surface area (Å²) in [7, 11) is 0. The average molecular weight is 378 g/mol. The fourth-order valence-corrected chi connectivity index (χ4v) is 3.33. The van der Waals surface area contributed by atoms with Crippen molar-refractivity contribution >= 4 is 17.5 Å². The zero-order chi connectivity index (χ0) is 19.5. The number of nitrogens with one attached hydrogen (secondary N) is 2. The van der Waals surface area contributed by atoms with Crippen molar-refractivity contribution in [2.75, 3.05) is 11.4 Å². The van der Waals surface area contributed by atoms with Crippen molar-refractivity contribution in [2.24, 2.45) is 0 Å². The van der Waals surface area contributed by atoms with Gasteiger partial charge in [-0.2, -0.15) is 5.10 Å². The quantitative estimate of drug-likeness (QED) is 0.715. The standard InChI is InChI=1S/C21H19FN4O2/c22-16-8-6-15(7-9-16)20-18(13-24-25-20)21(28)23-12-14-3-1-4-17(11-14)26-10-2-5-19(26)27/h1,3-4,6-9,11,13H,2,5,10,12H2,(H,23,28)(H,24,25). The number of carbonyl (C=O) groups excluding carboxylic acids is 2. The predicted octanol–water partition coefficient (Wildman–Crippen LogP) is 3.27. The van der Waals surface area contributed by atoms with Gasteiger partial charge >= 0.3 is 0 Å². The first-order valence-corrected chi connectivity index (χ1v) is 9.08. The second kappa shape index (κ2) is 7.64. The Morgan fingerprint density at radius 3 is 2.79 bits per heavy atom. The van der Waals surface area contributed by atoms with E-state index < -0.39 is 0 Å². The SMILES string of the molecule is O=C(NCc1cccc(N2CCCC2=O)c1)c1cn[nH]c1-c1ccc(F)cc1. The lowest BCUT2D eigenvalue weighted by Gasteiger charge is -2.16. The van der Waals surface area contributed by atoms with E-state index in [4.69, 9.17) is 0 Å². The molecule has 0 radical (unpaired) electrons. The number of carbonyl (C=O) groups is 2. The molecule has 0 aliphatic carbocycles. The van der Waals surface area contributed by atoms with Crippen molar-refractivity contribution in [3.8, 4) is 11.3 Å². The summed E-state index contributed by atoms with van der Waals surface area (Å²) in [6.07, 6.45) is 2.90. The summed E-state index contributed by atoms with van der Waals surface area (Å²) in [4.78, 5) is 26.3. The number of hydrogen-bond donors (Lipinski definition) is 2. The van der Waals surface area contributed by atoms with Gasteiger partial charge in [-0.3, -0.25) is 14.7 Å². The number of rotatable bonds is 5. The van der Waals surface area contributed by atoms with E-state index in [1.807, 2.05) is 24.3 Å². The van der Waals surface area contributed by atoms with E-state index in [-0.39, 0.29) is 17.6 Å². The van der Waals surface area contributed by atoms with Crippen molar-refractivity contribution in [2.45, 2.75) is 19.4 Å². The van der Waals surface area contributed by atoms with Gasteiger partial charge in [0.25, 0.3) is 5.91 Å². The minimum atomic E-state index is -0.342. The topological polar surface area (TPSA) is 78.1 Å². The fourth-order valence-electron chi connectivity index (χ4n) is 3.33. The van der Waals surface area contributed by atoms with Gasteiger partial charge in [0.1, 0.15) is 5.82 Å². The van der Waals surface area contributed by atoms with Crippen LogP contribution in [0.5, 0.6) is 0 Å². The molecule has 0 spiro atoms. The van der Waals surface area contributed by atoms with Crippen LogP contribution in [0.25, 0.3) is 11.3 Å². The molecule has 1 aliphatic rings. The van der Waals surface area contributed by atoms with E-state index >= 15 is 0 Å². The number of anilines is 1. The Morgan fingerprint density at radius 1 is 1.21 bits per heavy atom. The van der Waals surface area contributed by atoms with Gasteiger partial charge in [-0.1, -0.05) is 12.1 Å². The third-order valence-corrected chi connectivity index (χ3v) is 4.77. The number of H-pyrrole nitrogens is 1. The number of aromatic nitrogens is 2. The molecule has 2 aromatic carbocycles. The van der Waals surface area contributed by atoms with Gasteiger partial charge in [-0.05, 0) is 48.4 Å². The van der Waals surface area contributed by atoms with Crippen molar-refractivity contribution < 1.29 is 14.0 Å². The molecule has 0 unspecified atom stereocenters. The first kappa shape index (κ1) is 17.9. The van der Waals surface area contributed by atoms with Crippen LogP contribution in [0.15, 0.2) is 54.7 Å². The van der Waals surface area contributed by atoms with Gasteiger partial charge in [0, 0.05) is 30.8 Å². The number of nitrogens with zero attached hydrogens (tertiary/aromatic N) is 2. The van der Waals surface area contributed by atoms with Gasteiger partial charge in [0.2, 0.25) is 5.91 Å². The molecule has 1 saturated heterocycles. The first-order valence-electron chi connectivity index (χ1n) is 9.08. The molecule has 1 fully saturated rings. The zero-order valence-electron chi connectivity index (χ0n) is 15.1. The maximum Gasteiger partial charge on any atom is 0.255 e. The van der Waals surface area contributed by atoms with Crippen LogP contribution in [0, 0.1) is 5.82 Å². The highest BCUT2D eigenvalue weighted by Gasteiger charge is 2.21. The highest BCUT2D eigenvalue weighted by molar-refractivity contribution is 5.99. The lowest BCUT2D eigenvalue weighted by molar-refractivity contribution is -0.117. The largest absolute Gasteiger partial charge is 0.348 e. The number of amides is 2. The van der Waals surface area contributed by atoms with Crippen LogP contribution >= 0.6 is 0 Å². The lowest BCUT2D eigenvalue weighted by Crippen LogP contribution is -2.25. The van der Waals surface area contributed by atoms with Crippen LogP contribution in [-0.4, -0.2) is 28.6 Å². The lowest BCUT2D eigenvalue weighted by atomic mass is 10.1. The number of halogens is 1. The van der Waals surface area contributed by atoms with E-state index in [9.17, 15) is 14.0 Å². The highest BCUT2D eigenvalue weighted by atomic mass is 19.1. The van der Waals surface area contributed by atoms with Crippen LogP contribution < -0.4 is 10.2 Å². The molecule has 1 aliphatic heterocycles. The molecular weight excluding hydrogens is 359 g/mol. The zero-order valence-corrected chi connectivity index (χ0v) is 15.1. The first-order chi connectivity index (χ1) is 13.6. The Bertz CT molecular complexity index is 1010. The Morgan fingerprint density at radius 2 is 2.04 bits per heavy atom. The minimum absolute atomic E-state index is 0.128. The van der Waals surface area contributed by atoms with Gasteiger partial charge in [-0.15, -0.1) is 0 Å². The van der Waals surface area contributed by atoms with Crippen LogP contribution in [0.2, 0.25) is 0 Å². The fraction of sp³-hybridized carbons (Fsp3) is 0.190. The average Bonchev–Trinajstić information content (AvgIpc) is 3.36. The summed E-state index contributed by atoms with van der Waals surface area (Å²) in [5.41, 5.74) is 3.35. The predicted molar refractivity (Wildman–Crippen MR) is 103 cm³/mol. The summed E-state index contributed by atoms with van der Waals surface area (Å²) >= 11 is 0. The van der Waals surface area contributed by atoms with Gasteiger partial charge in [0.05, 0.1) is 17.5 Å². The Kier molecular flexibility index (Phi) is 4.89. The second-order valence-electron chi connectivity index (χ2n) is 6.67. The Balaban J connectivity index is 1.46. The molecule has 1 aromatic heterocycles. The highest BCUT2D eigenvalue weighted by Crippen LogP contribution is 2.23. The molecule has 4 rings (SSSR count). The summed E-state index contributed by atoms with van der Waals surface area (Å²) in [5, 5.41) is 9.62. The van der Waals surface area contributed by atoms with E-state index in [1.165, 1.54) is 18.3 Å². The van der Waals surface area contributed by atoms with Crippen LogP contribution in [0.3, 0.4) is 0 Å². The second-order valence-corrected chi connectivity index (χ2v) is 6.67. The van der Waals surface area contributed by atoms with Crippen molar-refractivity contribution in [1.82, 2.24) is 15.5 Å². The molecule has 2 amide bonds. The summed E-state index contributed by atoms with van der Waals surface area (Å²) < 4.78 is 13.1. The molecule has 28 heavy (non-hydrogen) atoms. The van der Waals surface area contributed by atoms with Gasteiger partial charge in [0.15, 0.2) is 0 Å². The van der Waals surface area contributed by atoms with Crippen LogP contribution in [0.1, 0.15) is 28.8 Å². The number of hydrogen-bond acceptors (Lipinski definition) is 3. The molecule has 0 atom stereocenters. The maximum atomic E-state index is 13.1. The van der Waals surface area contributed by atoms with E-state index in [2.05, 4.69) is 15.5 Å². The van der Waals surface area contributed by atoms with Gasteiger partial charge in [-0.25, -0.2) is 4.39 Å². The number of benzene rings is 2. The third kappa shape index (κ3) is 3.64. The summed E-state index contributed by atoms with van der Waals surface area (Å²) in [6, 6.07) is 13.5. The summed E-state index contributed by atoms with van der Waals surface area (Å²) in [6.45, 7) is 1.05. The van der Waals surface area contributed by atoms with Crippen molar-refractivity contribution in [3.05, 3.63) is 71.7 Å². The molecule has 3 aromatic rings. The van der Waals surface area contributed by atoms with Crippen molar-refractivity contribution in [3.63, 3.8) is 0 Å². The summed E-state index contributed by atoms with van der Waals surface area (Å²) in [5.74, 6) is -0.495. The third-order valence-electron chi connectivity index (χ3n) is 4.77. The van der Waals surface area contributed by atoms with E-state index in [1.54, 1.807) is 17.0 Å². The van der Waals surface area contributed by atoms with Gasteiger partial charge < -0.3 is 10.2 Å². The normalized spacial score (nSPS) is 13.8. The number of aromatic amines is 1. The Labute approximate surface area is 161 Å². The molecule has 0 saturated carbocycles. The molecule has 2 heterocycles. The molecule has 2 N–H and O–H groups in total. The maximum absolute atomic E-state index is 13.1. The molecular formula is C21H19FN4O2. The molecule has 142 valence electrons. The van der Waals surface area contributed by atoms with E-state index in [0.29, 0.717) is 29.8 Å². The minimum Gasteiger partial charge on any atom is -0.348 e.